The zero-order chi connectivity index (χ0) is 17.8. The Balaban J connectivity index is 2.00. The van der Waals surface area contributed by atoms with Gasteiger partial charge in [0.1, 0.15) is 0 Å². The van der Waals surface area contributed by atoms with Crippen molar-refractivity contribution in [2.45, 2.75) is 20.3 Å². The third kappa shape index (κ3) is 4.09. The average molecular weight is 353 g/mol. The van der Waals surface area contributed by atoms with Gasteiger partial charge in [-0.2, -0.15) is 0 Å². The number of benzene rings is 2. The van der Waals surface area contributed by atoms with Gasteiger partial charge in [-0.1, -0.05) is 30.3 Å². The molecule has 0 atom stereocenters. The van der Waals surface area contributed by atoms with Gasteiger partial charge in [-0.25, -0.2) is 0 Å². The van der Waals surface area contributed by atoms with E-state index in [0.717, 1.165) is 39.9 Å². The first-order valence-electron chi connectivity index (χ1n) is 8.13. The predicted molar refractivity (Wildman–Crippen MR) is 106 cm³/mol. The number of hydrogen-bond donors (Lipinski definition) is 1. The highest BCUT2D eigenvalue weighted by Crippen LogP contribution is 2.40. The Hall–Kier alpha value is -2.60. The summed E-state index contributed by atoms with van der Waals surface area (Å²) in [5, 5.41) is 15.1. The largest absolute Gasteiger partial charge is 0.334 e. The molecule has 128 valence electrons. The number of fused-ring (bicyclic) bond motifs is 1. The normalized spacial score (nSPS) is 16.6. The van der Waals surface area contributed by atoms with Gasteiger partial charge in [0.15, 0.2) is 5.17 Å². The first kappa shape index (κ1) is 17.2. The van der Waals surface area contributed by atoms with Crippen molar-refractivity contribution in [3.8, 4) is 0 Å². The lowest BCUT2D eigenvalue weighted by Crippen LogP contribution is -2.15. The SMILES string of the molecule is CCCN=C1Nc2ccc(C)cc2/C(=C/c2ccc([N+](=O)[O-])cc2)S1. The number of nitro groups is 1. The van der Waals surface area contributed by atoms with Crippen LogP contribution in [-0.2, 0) is 0 Å². The van der Waals surface area contributed by atoms with E-state index in [1.54, 1.807) is 23.9 Å². The number of aliphatic imine (C=N–C) groups is 1. The summed E-state index contributed by atoms with van der Waals surface area (Å²) in [4.78, 5) is 16.1. The molecule has 1 aliphatic heterocycles. The quantitative estimate of drug-likeness (QED) is 0.596. The van der Waals surface area contributed by atoms with E-state index in [4.69, 9.17) is 0 Å². The summed E-state index contributed by atoms with van der Waals surface area (Å²) >= 11 is 1.59. The van der Waals surface area contributed by atoms with Gasteiger partial charge in [-0.3, -0.25) is 15.1 Å². The average Bonchev–Trinajstić information content (AvgIpc) is 2.61. The molecule has 1 N–H and O–H groups in total. The number of amidine groups is 1. The van der Waals surface area contributed by atoms with Crippen molar-refractivity contribution in [3.63, 3.8) is 0 Å². The number of non-ortho nitro benzene ring substituents is 1. The number of nitro benzene ring substituents is 1. The molecule has 6 heteroatoms. The van der Waals surface area contributed by atoms with Gasteiger partial charge in [0.05, 0.1) is 4.92 Å². The molecule has 0 saturated heterocycles. The van der Waals surface area contributed by atoms with Crippen LogP contribution in [0.3, 0.4) is 0 Å². The maximum Gasteiger partial charge on any atom is 0.269 e. The second-order valence-electron chi connectivity index (χ2n) is 5.82. The highest BCUT2D eigenvalue weighted by atomic mass is 32.2. The van der Waals surface area contributed by atoms with Crippen molar-refractivity contribution >= 4 is 39.3 Å². The molecule has 5 nitrogen and oxygen atoms in total. The van der Waals surface area contributed by atoms with E-state index in [1.165, 1.54) is 17.7 Å². The number of hydrogen-bond acceptors (Lipinski definition) is 4. The molecule has 0 amide bonds. The van der Waals surface area contributed by atoms with Crippen LogP contribution < -0.4 is 5.32 Å². The highest BCUT2D eigenvalue weighted by molar-refractivity contribution is 8.22. The van der Waals surface area contributed by atoms with Gasteiger partial charge in [0.25, 0.3) is 5.69 Å². The first-order valence-corrected chi connectivity index (χ1v) is 8.95. The molecular weight excluding hydrogens is 334 g/mol. The lowest BCUT2D eigenvalue weighted by atomic mass is 10.1. The Labute approximate surface area is 151 Å². The molecule has 0 radical (unpaired) electrons. The van der Waals surface area contributed by atoms with E-state index < -0.39 is 0 Å². The maximum absolute atomic E-state index is 10.8. The molecule has 0 bridgehead atoms. The fourth-order valence-electron chi connectivity index (χ4n) is 2.51. The monoisotopic (exact) mass is 353 g/mol. The van der Waals surface area contributed by atoms with Crippen molar-refractivity contribution in [3.05, 3.63) is 69.3 Å². The number of nitrogens with one attached hydrogen (secondary N) is 1. The molecule has 3 rings (SSSR count). The number of rotatable bonds is 4. The minimum absolute atomic E-state index is 0.0987. The first-order chi connectivity index (χ1) is 12.1. The van der Waals surface area contributed by atoms with Gasteiger partial charge in [-0.05, 0) is 49.2 Å². The minimum Gasteiger partial charge on any atom is -0.334 e. The van der Waals surface area contributed by atoms with E-state index >= 15 is 0 Å². The Morgan fingerprint density at radius 1 is 1.24 bits per heavy atom. The Kier molecular flexibility index (Phi) is 5.19. The van der Waals surface area contributed by atoms with Crippen LogP contribution in [0.25, 0.3) is 11.0 Å². The van der Waals surface area contributed by atoms with Crippen molar-refractivity contribution in [1.29, 1.82) is 0 Å². The Morgan fingerprint density at radius 2 is 2.00 bits per heavy atom. The standard InChI is InChI=1S/C19H19N3O2S/c1-3-10-20-19-21-17-9-4-13(2)11-16(17)18(25-19)12-14-5-7-15(8-6-14)22(23)24/h4-9,11-12H,3,10H2,1-2H3,(H,20,21)/b18-12-. The summed E-state index contributed by atoms with van der Waals surface area (Å²) in [6.07, 6.45) is 3.04. The van der Waals surface area contributed by atoms with Crippen LogP contribution in [0, 0.1) is 17.0 Å². The Morgan fingerprint density at radius 3 is 2.68 bits per heavy atom. The molecule has 0 spiro atoms. The summed E-state index contributed by atoms with van der Waals surface area (Å²) in [7, 11) is 0. The molecule has 0 aromatic heterocycles. The smallest absolute Gasteiger partial charge is 0.269 e. The Bertz CT molecular complexity index is 857. The molecule has 0 saturated carbocycles. The van der Waals surface area contributed by atoms with Crippen molar-refractivity contribution in [1.82, 2.24) is 0 Å². The summed E-state index contributed by atoms with van der Waals surface area (Å²) in [5.41, 5.74) is 4.37. The van der Waals surface area contributed by atoms with Crippen molar-refractivity contribution < 1.29 is 4.92 Å². The van der Waals surface area contributed by atoms with E-state index in [2.05, 4.69) is 48.4 Å². The van der Waals surface area contributed by atoms with E-state index in [9.17, 15) is 10.1 Å². The van der Waals surface area contributed by atoms with Crippen LogP contribution in [0.4, 0.5) is 11.4 Å². The summed E-state index contributed by atoms with van der Waals surface area (Å²) < 4.78 is 0. The fraction of sp³-hybridized carbons (Fsp3) is 0.211. The number of anilines is 1. The molecule has 0 unspecified atom stereocenters. The van der Waals surface area contributed by atoms with Crippen LogP contribution in [0.1, 0.15) is 30.0 Å². The summed E-state index contributed by atoms with van der Waals surface area (Å²) in [6.45, 7) is 4.94. The molecular formula is C19H19N3O2S. The van der Waals surface area contributed by atoms with Crippen LogP contribution in [0.5, 0.6) is 0 Å². The van der Waals surface area contributed by atoms with Gasteiger partial charge in [0, 0.05) is 34.8 Å². The lowest BCUT2D eigenvalue weighted by Gasteiger charge is -2.22. The van der Waals surface area contributed by atoms with Crippen LogP contribution in [0.2, 0.25) is 0 Å². The van der Waals surface area contributed by atoms with E-state index in [-0.39, 0.29) is 10.6 Å². The van der Waals surface area contributed by atoms with Gasteiger partial charge in [0.2, 0.25) is 0 Å². The van der Waals surface area contributed by atoms with Gasteiger partial charge in [-0.15, -0.1) is 0 Å². The third-order valence-electron chi connectivity index (χ3n) is 3.77. The minimum atomic E-state index is -0.385. The fourth-order valence-corrected chi connectivity index (χ4v) is 3.51. The molecule has 1 aliphatic rings. The zero-order valence-electron chi connectivity index (χ0n) is 14.2. The van der Waals surface area contributed by atoms with Crippen LogP contribution in [0.15, 0.2) is 47.5 Å². The second kappa shape index (κ2) is 7.53. The molecule has 25 heavy (non-hydrogen) atoms. The zero-order valence-corrected chi connectivity index (χ0v) is 15.0. The molecule has 0 fully saturated rings. The molecule has 1 heterocycles. The van der Waals surface area contributed by atoms with Crippen LogP contribution in [-0.4, -0.2) is 16.6 Å². The van der Waals surface area contributed by atoms with E-state index in [1.807, 2.05) is 0 Å². The summed E-state index contributed by atoms with van der Waals surface area (Å²) in [6, 6.07) is 12.9. The predicted octanol–water partition coefficient (Wildman–Crippen LogP) is 5.33. The topological polar surface area (TPSA) is 67.5 Å². The lowest BCUT2D eigenvalue weighted by molar-refractivity contribution is -0.384. The molecule has 2 aromatic rings. The molecule has 2 aromatic carbocycles. The van der Waals surface area contributed by atoms with Gasteiger partial charge >= 0.3 is 0 Å². The maximum atomic E-state index is 10.8. The molecule has 0 aliphatic carbocycles. The number of aryl methyl sites for hydroxylation is 1. The van der Waals surface area contributed by atoms with E-state index in [0.29, 0.717) is 0 Å². The summed E-state index contributed by atoms with van der Waals surface area (Å²) in [5.74, 6) is 0. The van der Waals surface area contributed by atoms with Gasteiger partial charge < -0.3 is 5.32 Å². The van der Waals surface area contributed by atoms with Crippen molar-refractivity contribution in [2.75, 3.05) is 11.9 Å². The number of nitrogens with zero attached hydrogens (tertiary/aromatic N) is 2. The third-order valence-corrected chi connectivity index (χ3v) is 4.75. The van der Waals surface area contributed by atoms with Crippen molar-refractivity contribution in [2.24, 2.45) is 4.99 Å². The van der Waals surface area contributed by atoms with Crippen LogP contribution >= 0.6 is 11.8 Å². The highest BCUT2D eigenvalue weighted by Gasteiger charge is 2.19. The second-order valence-corrected chi connectivity index (χ2v) is 6.85. The number of thioether (sulfide) groups is 1.